The number of nitrogens with zero attached hydrogens (tertiary/aromatic N) is 2. The van der Waals surface area contributed by atoms with E-state index in [-0.39, 0.29) is 0 Å². The molecule has 180 valence electrons. The number of hydrogen-bond acceptors (Lipinski definition) is 1. The van der Waals surface area contributed by atoms with Crippen molar-refractivity contribution < 1.29 is 0 Å². The molecule has 0 saturated heterocycles. The third-order valence-corrected chi connectivity index (χ3v) is 7.98. The number of benzene rings is 5. The summed E-state index contributed by atoms with van der Waals surface area (Å²) in [6.07, 6.45) is 8.85. The molecule has 6 aromatic rings. The molecule has 0 unspecified atom stereocenters. The van der Waals surface area contributed by atoms with Crippen molar-refractivity contribution in [1.29, 1.82) is 0 Å². The topological polar surface area (TPSA) is 8.17 Å². The monoisotopic (exact) mass is 486 g/mol. The van der Waals surface area contributed by atoms with Gasteiger partial charge in [0.25, 0.3) is 0 Å². The van der Waals surface area contributed by atoms with Gasteiger partial charge in [-0.2, -0.15) is 0 Å². The first-order chi connectivity index (χ1) is 18.9. The van der Waals surface area contributed by atoms with Crippen LogP contribution in [-0.2, 0) is 0 Å². The molecule has 2 aliphatic rings. The van der Waals surface area contributed by atoms with Gasteiger partial charge < -0.3 is 9.47 Å². The highest BCUT2D eigenvalue weighted by molar-refractivity contribution is 6.15. The van der Waals surface area contributed by atoms with Crippen LogP contribution in [0, 0.1) is 0 Å². The molecule has 1 aliphatic heterocycles. The summed E-state index contributed by atoms with van der Waals surface area (Å²) in [5.74, 6) is 0. The van der Waals surface area contributed by atoms with Crippen molar-refractivity contribution in [3.05, 3.63) is 133 Å². The summed E-state index contributed by atoms with van der Waals surface area (Å²) < 4.78 is 2.49. The van der Waals surface area contributed by atoms with Crippen molar-refractivity contribution in [2.75, 3.05) is 4.90 Å². The van der Waals surface area contributed by atoms with Crippen LogP contribution in [0.4, 0.5) is 17.1 Å². The fourth-order valence-corrected chi connectivity index (χ4v) is 6.32. The van der Waals surface area contributed by atoms with Crippen LogP contribution in [0.25, 0.3) is 49.8 Å². The number of rotatable bonds is 2. The van der Waals surface area contributed by atoms with Gasteiger partial charge in [0, 0.05) is 33.3 Å². The number of aromatic nitrogens is 1. The maximum Gasteiger partial charge on any atom is 0.0561 e. The second kappa shape index (κ2) is 8.36. The summed E-state index contributed by atoms with van der Waals surface area (Å²) in [6, 6.07) is 42.1. The molecule has 1 aliphatic carbocycles. The lowest BCUT2D eigenvalue weighted by Gasteiger charge is -2.27. The molecule has 2 heterocycles. The second-order valence-electron chi connectivity index (χ2n) is 10.1. The molecule has 1 aromatic heterocycles. The number of hydrogen-bond donors (Lipinski definition) is 0. The van der Waals surface area contributed by atoms with E-state index in [0.29, 0.717) is 0 Å². The standard InChI is InChI=1S/C36H26N2/c1-3-13-25(14-4-1)37-33-21-11-9-19-29(33)27-17-7-8-18-28(27)31-23-32-30-20-10-12-22-34(30)38(36(32)24-35(31)37)26-15-5-2-6-16-26/h1-5,7-15,17-24H,6,16H2. The zero-order valence-corrected chi connectivity index (χ0v) is 21.0. The Morgan fingerprint density at radius 3 is 2.05 bits per heavy atom. The molecule has 0 radical (unpaired) electrons. The Morgan fingerprint density at radius 1 is 0.526 bits per heavy atom. The van der Waals surface area contributed by atoms with E-state index in [0.717, 1.165) is 18.5 Å². The summed E-state index contributed by atoms with van der Waals surface area (Å²) in [4.78, 5) is 2.45. The molecule has 2 nitrogen and oxygen atoms in total. The first-order valence-corrected chi connectivity index (χ1v) is 13.4. The third-order valence-electron chi connectivity index (χ3n) is 7.98. The summed E-state index contributed by atoms with van der Waals surface area (Å²) in [5, 5.41) is 2.59. The van der Waals surface area contributed by atoms with Gasteiger partial charge in [-0.1, -0.05) is 91.0 Å². The fourth-order valence-electron chi connectivity index (χ4n) is 6.32. The van der Waals surface area contributed by atoms with Gasteiger partial charge >= 0.3 is 0 Å². The smallest absolute Gasteiger partial charge is 0.0561 e. The Labute approximate surface area is 222 Å². The summed E-state index contributed by atoms with van der Waals surface area (Å²) in [6.45, 7) is 0. The van der Waals surface area contributed by atoms with E-state index in [9.17, 15) is 0 Å². The summed E-state index contributed by atoms with van der Waals surface area (Å²) in [5.41, 5.74) is 12.5. The van der Waals surface area contributed by atoms with Crippen molar-refractivity contribution in [2.45, 2.75) is 12.8 Å². The second-order valence-corrected chi connectivity index (χ2v) is 10.1. The molecular formula is C36H26N2. The largest absolute Gasteiger partial charge is 0.313 e. The quantitative estimate of drug-likeness (QED) is 0.236. The van der Waals surface area contributed by atoms with E-state index < -0.39 is 0 Å². The lowest BCUT2D eigenvalue weighted by molar-refractivity contribution is 0.979. The normalized spacial score (nSPS) is 14.1. The van der Waals surface area contributed by atoms with Gasteiger partial charge in [0.1, 0.15) is 0 Å². The molecule has 0 amide bonds. The van der Waals surface area contributed by atoms with E-state index in [2.05, 4.69) is 143 Å². The molecule has 8 rings (SSSR count). The fraction of sp³-hybridized carbons (Fsp3) is 0.0556. The number of anilines is 3. The van der Waals surface area contributed by atoms with E-state index >= 15 is 0 Å². The summed E-state index contributed by atoms with van der Waals surface area (Å²) in [7, 11) is 0. The van der Waals surface area contributed by atoms with Crippen LogP contribution in [0.15, 0.2) is 133 Å². The Bertz CT molecular complexity index is 1920. The maximum absolute atomic E-state index is 2.49. The molecule has 0 saturated carbocycles. The van der Waals surface area contributed by atoms with Crippen molar-refractivity contribution in [2.24, 2.45) is 0 Å². The lowest BCUT2D eigenvalue weighted by Crippen LogP contribution is -2.11. The molecule has 0 spiro atoms. The van der Waals surface area contributed by atoms with Crippen LogP contribution >= 0.6 is 0 Å². The van der Waals surface area contributed by atoms with E-state index in [1.165, 1.54) is 61.1 Å². The van der Waals surface area contributed by atoms with Crippen LogP contribution in [-0.4, -0.2) is 4.57 Å². The van der Waals surface area contributed by atoms with Gasteiger partial charge in [0.15, 0.2) is 0 Å². The molecule has 0 fully saturated rings. The highest BCUT2D eigenvalue weighted by atomic mass is 15.2. The Hall–Kier alpha value is -4.82. The van der Waals surface area contributed by atoms with Crippen LogP contribution in [0.5, 0.6) is 0 Å². The predicted molar refractivity (Wildman–Crippen MR) is 161 cm³/mol. The molecule has 0 N–H and O–H groups in total. The molecular weight excluding hydrogens is 460 g/mol. The molecule has 2 heteroatoms. The minimum atomic E-state index is 1.04. The number of para-hydroxylation sites is 3. The first kappa shape index (κ1) is 21.3. The maximum atomic E-state index is 2.49. The predicted octanol–water partition coefficient (Wildman–Crippen LogP) is 10.1. The SMILES string of the molecule is C1=CCCC(n2c3ccccc3c3cc4c(cc32)N(c2ccccc2)c2ccccc2-c2ccccc2-4)=C1. The molecule has 0 atom stereocenters. The highest BCUT2D eigenvalue weighted by Crippen LogP contribution is 2.52. The molecule has 5 aromatic carbocycles. The highest BCUT2D eigenvalue weighted by Gasteiger charge is 2.27. The van der Waals surface area contributed by atoms with E-state index in [1.807, 2.05) is 0 Å². The zero-order valence-electron chi connectivity index (χ0n) is 21.0. The third kappa shape index (κ3) is 3.07. The first-order valence-electron chi connectivity index (χ1n) is 13.4. The average Bonchev–Trinajstić information content (AvgIpc) is 3.25. The van der Waals surface area contributed by atoms with Crippen LogP contribution < -0.4 is 4.90 Å². The Balaban J connectivity index is 1.55. The Kier molecular flexibility index (Phi) is 4.68. The Morgan fingerprint density at radius 2 is 1.24 bits per heavy atom. The van der Waals surface area contributed by atoms with E-state index in [1.54, 1.807) is 0 Å². The van der Waals surface area contributed by atoms with Gasteiger partial charge in [-0.15, -0.1) is 0 Å². The van der Waals surface area contributed by atoms with Gasteiger partial charge in [-0.05, 0) is 66.4 Å². The lowest BCUT2D eigenvalue weighted by atomic mass is 9.94. The summed E-state index contributed by atoms with van der Waals surface area (Å²) >= 11 is 0. The molecule has 0 bridgehead atoms. The van der Waals surface area contributed by atoms with E-state index in [4.69, 9.17) is 0 Å². The van der Waals surface area contributed by atoms with Crippen molar-refractivity contribution >= 4 is 44.6 Å². The van der Waals surface area contributed by atoms with Crippen molar-refractivity contribution in [3.8, 4) is 22.3 Å². The van der Waals surface area contributed by atoms with Gasteiger partial charge in [0.2, 0.25) is 0 Å². The van der Waals surface area contributed by atoms with Crippen molar-refractivity contribution in [1.82, 2.24) is 4.57 Å². The minimum absolute atomic E-state index is 1.04. The van der Waals surface area contributed by atoms with Gasteiger partial charge in [-0.25, -0.2) is 0 Å². The van der Waals surface area contributed by atoms with Crippen LogP contribution in [0.3, 0.4) is 0 Å². The van der Waals surface area contributed by atoms with Gasteiger partial charge in [0.05, 0.1) is 22.4 Å². The van der Waals surface area contributed by atoms with Crippen molar-refractivity contribution in [3.63, 3.8) is 0 Å². The number of allylic oxidation sites excluding steroid dienone is 4. The zero-order chi connectivity index (χ0) is 25.1. The molecule has 38 heavy (non-hydrogen) atoms. The minimum Gasteiger partial charge on any atom is -0.313 e. The van der Waals surface area contributed by atoms with Crippen LogP contribution in [0.1, 0.15) is 12.8 Å². The van der Waals surface area contributed by atoms with Crippen LogP contribution in [0.2, 0.25) is 0 Å². The number of fused-ring (bicyclic) bond motifs is 8. The van der Waals surface area contributed by atoms with Gasteiger partial charge in [-0.3, -0.25) is 0 Å². The average molecular weight is 487 g/mol.